The van der Waals surface area contributed by atoms with E-state index in [4.69, 9.17) is 0 Å². The highest BCUT2D eigenvalue weighted by atomic mass is 19.4. The highest BCUT2D eigenvalue weighted by Gasteiger charge is 2.27. The number of alkyl halides is 3. The third-order valence-electron chi connectivity index (χ3n) is 3.04. The molecule has 0 aliphatic rings. The Morgan fingerprint density at radius 1 is 1.38 bits per heavy atom. The molecule has 1 unspecified atom stereocenters. The summed E-state index contributed by atoms with van der Waals surface area (Å²) >= 11 is 0. The van der Waals surface area contributed by atoms with Gasteiger partial charge >= 0.3 is 6.18 Å². The van der Waals surface area contributed by atoms with Crippen LogP contribution in [-0.2, 0) is 11.3 Å². The van der Waals surface area contributed by atoms with Crippen LogP contribution in [0.2, 0.25) is 0 Å². The van der Waals surface area contributed by atoms with E-state index in [1.54, 1.807) is 17.0 Å². The van der Waals surface area contributed by atoms with Gasteiger partial charge in [0, 0.05) is 18.4 Å². The lowest BCUT2D eigenvalue weighted by Gasteiger charge is -2.15. The Bertz CT molecular complexity index is 443. The summed E-state index contributed by atoms with van der Waals surface area (Å²) in [6.07, 6.45) is 1.05. The van der Waals surface area contributed by atoms with Crippen LogP contribution in [0.1, 0.15) is 38.3 Å². The van der Waals surface area contributed by atoms with Gasteiger partial charge in [0.1, 0.15) is 13.1 Å². The molecule has 1 amide bonds. The molecule has 120 valence electrons. The molecule has 0 radical (unpaired) electrons. The largest absolute Gasteiger partial charge is 0.405 e. The van der Waals surface area contributed by atoms with Crippen molar-refractivity contribution in [3.8, 4) is 0 Å². The summed E-state index contributed by atoms with van der Waals surface area (Å²) in [5, 5.41) is 5.24. The van der Waals surface area contributed by atoms with Gasteiger partial charge in [0.2, 0.25) is 5.91 Å². The van der Waals surface area contributed by atoms with E-state index in [1.165, 1.54) is 0 Å². The summed E-state index contributed by atoms with van der Waals surface area (Å²) in [6, 6.07) is 2.08. The number of hydrogen-bond acceptors (Lipinski definition) is 2. The first kappa shape index (κ1) is 17.6. The van der Waals surface area contributed by atoms with Crippen LogP contribution >= 0.6 is 0 Å². The average Bonchev–Trinajstić information content (AvgIpc) is 2.85. The van der Waals surface area contributed by atoms with E-state index >= 15 is 0 Å². The number of carbonyl (C=O) groups excluding carboxylic acids is 1. The maximum Gasteiger partial charge on any atom is 0.405 e. The zero-order valence-corrected chi connectivity index (χ0v) is 12.3. The Kier molecular flexibility index (Phi) is 6.74. The standard InChI is InChI=1S/C14H22F3N3O/c1-3-6-18-12(4-2)11-5-7-20(8-11)9-13(21)19-10-14(15,16)17/h5,7-8,12,18H,3-4,6,9-10H2,1-2H3,(H,19,21). The monoisotopic (exact) mass is 305 g/mol. The molecule has 0 spiro atoms. The van der Waals surface area contributed by atoms with Gasteiger partial charge in [-0.2, -0.15) is 13.2 Å². The van der Waals surface area contributed by atoms with Gasteiger partial charge in [-0.3, -0.25) is 4.79 Å². The first-order valence-corrected chi connectivity index (χ1v) is 7.08. The fourth-order valence-electron chi connectivity index (χ4n) is 2.00. The second-order valence-electron chi connectivity index (χ2n) is 4.92. The summed E-state index contributed by atoms with van der Waals surface area (Å²) in [7, 11) is 0. The number of nitrogens with one attached hydrogen (secondary N) is 2. The van der Waals surface area contributed by atoms with Crippen molar-refractivity contribution in [3.05, 3.63) is 24.0 Å². The molecule has 0 saturated carbocycles. The topological polar surface area (TPSA) is 46.1 Å². The third-order valence-corrected chi connectivity index (χ3v) is 3.04. The predicted molar refractivity (Wildman–Crippen MR) is 74.8 cm³/mol. The minimum atomic E-state index is -4.38. The Morgan fingerprint density at radius 2 is 2.10 bits per heavy atom. The molecule has 0 fully saturated rings. The number of aromatic nitrogens is 1. The molecule has 2 N–H and O–H groups in total. The van der Waals surface area contributed by atoms with Gasteiger partial charge in [-0.1, -0.05) is 13.8 Å². The molecule has 1 rings (SSSR count). The van der Waals surface area contributed by atoms with E-state index in [0.717, 1.165) is 24.9 Å². The van der Waals surface area contributed by atoms with Crippen molar-refractivity contribution in [3.63, 3.8) is 0 Å². The van der Waals surface area contributed by atoms with Crippen molar-refractivity contribution in [2.45, 2.75) is 45.5 Å². The first-order chi connectivity index (χ1) is 9.85. The summed E-state index contributed by atoms with van der Waals surface area (Å²) < 4.78 is 37.6. The molecule has 21 heavy (non-hydrogen) atoms. The zero-order chi connectivity index (χ0) is 15.9. The van der Waals surface area contributed by atoms with Crippen molar-refractivity contribution < 1.29 is 18.0 Å². The lowest BCUT2D eigenvalue weighted by molar-refractivity contribution is -0.138. The minimum Gasteiger partial charge on any atom is -0.345 e. The minimum absolute atomic E-state index is 0.111. The summed E-state index contributed by atoms with van der Waals surface area (Å²) in [6.45, 7) is 3.63. The number of halogens is 3. The SMILES string of the molecule is CCCNC(CC)c1ccn(CC(=O)NCC(F)(F)F)c1. The smallest absolute Gasteiger partial charge is 0.345 e. The number of hydrogen-bond donors (Lipinski definition) is 2. The molecule has 0 bridgehead atoms. The maximum absolute atomic E-state index is 12.0. The zero-order valence-electron chi connectivity index (χ0n) is 12.3. The molecular formula is C14H22F3N3O. The van der Waals surface area contributed by atoms with Crippen LogP contribution in [0.3, 0.4) is 0 Å². The summed E-state index contributed by atoms with van der Waals surface area (Å²) in [5.41, 5.74) is 1.04. The molecule has 0 aromatic carbocycles. The van der Waals surface area contributed by atoms with Crippen molar-refractivity contribution in [1.29, 1.82) is 0 Å². The highest BCUT2D eigenvalue weighted by molar-refractivity contribution is 5.75. The van der Waals surface area contributed by atoms with Crippen molar-refractivity contribution in [2.75, 3.05) is 13.1 Å². The van der Waals surface area contributed by atoms with Gasteiger partial charge in [0.25, 0.3) is 0 Å². The van der Waals surface area contributed by atoms with Crippen LogP contribution < -0.4 is 10.6 Å². The Hall–Kier alpha value is -1.50. The predicted octanol–water partition coefficient (Wildman–Crippen LogP) is 2.62. The van der Waals surface area contributed by atoms with Crippen molar-refractivity contribution >= 4 is 5.91 Å². The van der Waals surface area contributed by atoms with E-state index in [2.05, 4.69) is 19.2 Å². The van der Waals surface area contributed by atoms with Gasteiger partial charge in [0.05, 0.1) is 0 Å². The molecule has 1 aromatic rings. The average molecular weight is 305 g/mol. The fraction of sp³-hybridized carbons (Fsp3) is 0.643. The Labute approximate surface area is 122 Å². The molecule has 4 nitrogen and oxygen atoms in total. The molecule has 1 aromatic heterocycles. The third kappa shape index (κ3) is 6.66. The van der Waals surface area contributed by atoms with Crippen LogP contribution in [0.15, 0.2) is 18.5 Å². The van der Waals surface area contributed by atoms with Gasteiger partial charge in [-0.05, 0) is 31.0 Å². The number of amides is 1. The lowest BCUT2D eigenvalue weighted by atomic mass is 10.1. The maximum atomic E-state index is 12.0. The van der Waals surface area contributed by atoms with Gasteiger partial charge in [-0.15, -0.1) is 0 Å². The van der Waals surface area contributed by atoms with Crippen LogP contribution in [0, 0.1) is 0 Å². The van der Waals surface area contributed by atoms with Crippen LogP contribution in [0.25, 0.3) is 0 Å². The molecule has 7 heteroatoms. The highest BCUT2D eigenvalue weighted by Crippen LogP contribution is 2.17. The second-order valence-corrected chi connectivity index (χ2v) is 4.92. The first-order valence-electron chi connectivity index (χ1n) is 7.08. The van der Waals surface area contributed by atoms with Gasteiger partial charge < -0.3 is 15.2 Å². The van der Waals surface area contributed by atoms with E-state index < -0.39 is 18.6 Å². The normalized spacial score (nSPS) is 13.2. The Morgan fingerprint density at radius 3 is 2.67 bits per heavy atom. The quantitative estimate of drug-likeness (QED) is 0.775. The van der Waals surface area contributed by atoms with Crippen LogP contribution in [0.4, 0.5) is 13.2 Å². The van der Waals surface area contributed by atoms with Gasteiger partial charge in [-0.25, -0.2) is 0 Å². The van der Waals surface area contributed by atoms with Crippen molar-refractivity contribution in [1.82, 2.24) is 15.2 Å². The number of nitrogens with zero attached hydrogens (tertiary/aromatic N) is 1. The fourth-order valence-corrected chi connectivity index (χ4v) is 2.00. The van der Waals surface area contributed by atoms with Crippen LogP contribution in [-0.4, -0.2) is 29.7 Å². The molecule has 0 aliphatic heterocycles. The molecule has 0 aliphatic carbocycles. The van der Waals surface area contributed by atoms with E-state index in [1.807, 2.05) is 11.4 Å². The van der Waals surface area contributed by atoms with E-state index in [-0.39, 0.29) is 12.6 Å². The molecular weight excluding hydrogens is 283 g/mol. The molecule has 1 heterocycles. The lowest BCUT2D eigenvalue weighted by Crippen LogP contribution is -2.35. The Balaban J connectivity index is 2.52. The van der Waals surface area contributed by atoms with Crippen LogP contribution in [0.5, 0.6) is 0 Å². The number of carbonyl (C=O) groups is 1. The second kappa shape index (κ2) is 8.07. The summed E-state index contributed by atoms with van der Waals surface area (Å²) in [4.78, 5) is 11.4. The molecule has 1 atom stereocenters. The van der Waals surface area contributed by atoms with E-state index in [0.29, 0.717) is 0 Å². The van der Waals surface area contributed by atoms with Gasteiger partial charge in [0.15, 0.2) is 0 Å². The summed E-state index contributed by atoms with van der Waals surface area (Å²) in [5.74, 6) is -0.649. The van der Waals surface area contributed by atoms with E-state index in [9.17, 15) is 18.0 Å². The molecule has 0 saturated heterocycles. The number of rotatable bonds is 8. The van der Waals surface area contributed by atoms with Crippen molar-refractivity contribution in [2.24, 2.45) is 0 Å².